The summed E-state index contributed by atoms with van der Waals surface area (Å²) < 4.78 is 32.1. The van der Waals surface area contributed by atoms with Crippen LogP contribution in [0.1, 0.15) is 17.0 Å². The number of halogens is 2. The first-order chi connectivity index (χ1) is 12.1. The van der Waals surface area contributed by atoms with Crippen LogP contribution in [-0.4, -0.2) is 30.7 Å². The number of carbonyl (C=O) groups is 1. The molecule has 6 nitrogen and oxygen atoms in total. The van der Waals surface area contributed by atoms with E-state index >= 15 is 0 Å². The summed E-state index contributed by atoms with van der Waals surface area (Å²) in [4.78, 5) is 14.9. The van der Waals surface area contributed by atoms with E-state index in [-0.39, 0.29) is 23.8 Å². The first-order valence-corrected chi connectivity index (χ1v) is 7.63. The van der Waals surface area contributed by atoms with Crippen molar-refractivity contribution in [3.63, 3.8) is 0 Å². The van der Waals surface area contributed by atoms with Crippen LogP contribution in [0.4, 0.5) is 8.78 Å². The lowest BCUT2D eigenvalue weighted by Crippen LogP contribution is -2.05. The number of hydrogen-bond donors (Lipinski definition) is 0. The quantitative estimate of drug-likeness (QED) is 0.534. The van der Waals surface area contributed by atoms with E-state index in [4.69, 9.17) is 0 Å². The SMILES string of the molecule is Cn1ncc2c(F)c(Cc3cnc4ccc(CC=O)nn34)c(F)cc21. The van der Waals surface area contributed by atoms with Crippen molar-refractivity contribution in [3.05, 3.63) is 59.2 Å². The zero-order chi connectivity index (χ0) is 17.6. The predicted molar refractivity (Wildman–Crippen MR) is 86.2 cm³/mol. The molecule has 0 spiro atoms. The summed E-state index contributed by atoms with van der Waals surface area (Å²) in [5.74, 6) is -1.28. The molecule has 0 N–H and O–H groups in total. The Morgan fingerprint density at radius 2 is 2.08 bits per heavy atom. The van der Waals surface area contributed by atoms with E-state index in [2.05, 4.69) is 15.2 Å². The Labute approximate surface area is 140 Å². The van der Waals surface area contributed by atoms with Gasteiger partial charge < -0.3 is 4.79 Å². The van der Waals surface area contributed by atoms with Gasteiger partial charge in [0.05, 0.1) is 34.7 Å². The Bertz CT molecular complexity index is 1120. The maximum atomic E-state index is 14.7. The van der Waals surface area contributed by atoms with Crippen LogP contribution < -0.4 is 0 Å². The van der Waals surface area contributed by atoms with Crippen molar-refractivity contribution >= 4 is 22.8 Å². The highest BCUT2D eigenvalue weighted by molar-refractivity contribution is 5.80. The van der Waals surface area contributed by atoms with E-state index in [0.717, 1.165) is 6.29 Å². The molecule has 0 radical (unpaired) electrons. The van der Waals surface area contributed by atoms with Crippen molar-refractivity contribution in [2.75, 3.05) is 0 Å². The van der Waals surface area contributed by atoms with Crippen LogP contribution in [-0.2, 0) is 24.7 Å². The lowest BCUT2D eigenvalue weighted by molar-refractivity contribution is -0.107. The summed E-state index contributed by atoms with van der Waals surface area (Å²) in [5, 5.41) is 8.54. The molecule has 4 aromatic rings. The third kappa shape index (κ3) is 2.46. The minimum absolute atomic E-state index is 0.0127. The smallest absolute Gasteiger partial charge is 0.153 e. The van der Waals surface area contributed by atoms with Crippen molar-refractivity contribution in [1.29, 1.82) is 0 Å². The molecule has 126 valence electrons. The molecule has 0 amide bonds. The molecule has 3 heterocycles. The highest BCUT2D eigenvalue weighted by Gasteiger charge is 2.18. The normalized spacial score (nSPS) is 11.5. The number of aldehydes is 1. The van der Waals surface area contributed by atoms with Gasteiger partial charge in [0.15, 0.2) is 5.65 Å². The van der Waals surface area contributed by atoms with Gasteiger partial charge in [0.25, 0.3) is 0 Å². The van der Waals surface area contributed by atoms with Gasteiger partial charge in [-0.15, -0.1) is 0 Å². The first kappa shape index (κ1) is 15.4. The van der Waals surface area contributed by atoms with Crippen LogP contribution in [0.3, 0.4) is 0 Å². The van der Waals surface area contributed by atoms with Crippen molar-refractivity contribution in [1.82, 2.24) is 24.4 Å². The third-order valence-corrected chi connectivity index (χ3v) is 4.18. The number of aromatic nitrogens is 5. The molecule has 25 heavy (non-hydrogen) atoms. The number of imidazole rings is 1. The summed E-state index contributed by atoms with van der Waals surface area (Å²) in [6.07, 6.45) is 3.81. The monoisotopic (exact) mass is 341 g/mol. The Balaban J connectivity index is 1.82. The summed E-state index contributed by atoms with van der Waals surface area (Å²) in [6, 6.07) is 4.69. The molecule has 0 bridgehead atoms. The molecular formula is C17H13F2N5O. The average Bonchev–Trinajstić information content (AvgIpc) is 3.16. The summed E-state index contributed by atoms with van der Waals surface area (Å²) in [7, 11) is 1.63. The highest BCUT2D eigenvalue weighted by atomic mass is 19.1. The van der Waals surface area contributed by atoms with Gasteiger partial charge in [-0.3, -0.25) is 4.68 Å². The standard InChI is InChI=1S/C17H13F2N5O/c1-23-15-7-14(18)12(17(19)13(15)9-21-23)6-11-8-20-16-3-2-10(4-5-25)22-24(11)16/h2-3,5,7-9H,4,6H2,1H3. The first-order valence-electron chi connectivity index (χ1n) is 7.63. The van der Waals surface area contributed by atoms with E-state index in [0.29, 0.717) is 22.6 Å². The summed E-state index contributed by atoms with van der Waals surface area (Å²) >= 11 is 0. The van der Waals surface area contributed by atoms with Crippen molar-refractivity contribution in [3.8, 4) is 0 Å². The molecule has 0 saturated carbocycles. The molecule has 8 heteroatoms. The molecule has 0 aliphatic rings. The van der Waals surface area contributed by atoms with E-state index in [9.17, 15) is 13.6 Å². The lowest BCUT2D eigenvalue weighted by atomic mass is 10.1. The fourth-order valence-electron chi connectivity index (χ4n) is 2.88. The van der Waals surface area contributed by atoms with E-state index < -0.39 is 11.6 Å². The van der Waals surface area contributed by atoms with Gasteiger partial charge in [-0.2, -0.15) is 10.2 Å². The third-order valence-electron chi connectivity index (χ3n) is 4.18. The molecule has 4 rings (SSSR count). The average molecular weight is 341 g/mol. The molecule has 0 aliphatic carbocycles. The number of nitrogens with zero attached hydrogens (tertiary/aromatic N) is 5. The number of rotatable bonds is 4. The molecule has 0 atom stereocenters. The second-order valence-corrected chi connectivity index (χ2v) is 5.74. The van der Waals surface area contributed by atoms with Crippen molar-refractivity contribution < 1.29 is 13.6 Å². The van der Waals surface area contributed by atoms with Crippen LogP contribution in [0.25, 0.3) is 16.6 Å². The molecule has 3 aromatic heterocycles. The summed E-state index contributed by atoms with van der Waals surface area (Å²) in [6.45, 7) is 0. The van der Waals surface area contributed by atoms with Crippen LogP contribution in [0.5, 0.6) is 0 Å². The molecule has 0 unspecified atom stereocenters. The number of aryl methyl sites for hydroxylation is 1. The van der Waals surface area contributed by atoms with Crippen molar-refractivity contribution in [2.24, 2.45) is 7.05 Å². The lowest BCUT2D eigenvalue weighted by Gasteiger charge is -2.07. The second-order valence-electron chi connectivity index (χ2n) is 5.74. The van der Waals surface area contributed by atoms with E-state index in [1.54, 1.807) is 19.2 Å². The van der Waals surface area contributed by atoms with Crippen LogP contribution >= 0.6 is 0 Å². The number of carbonyl (C=O) groups excluding carboxylic acids is 1. The maximum Gasteiger partial charge on any atom is 0.153 e. The second kappa shape index (κ2) is 5.73. The van der Waals surface area contributed by atoms with Gasteiger partial charge in [0.1, 0.15) is 17.9 Å². The minimum Gasteiger partial charge on any atom is -0.303 e. The van der Waals surface area contributed by atoms with Gasteiger partial charge in [-0.1, -0.05) is 0 Å². The van der Waals surface area contributed by atoms with Gasteiger partial charge >= 0.3 is 0 Å². The predicted octanol–water partition coefficient (Wildman–Crippen LogP) is 2.23. The van der Waals surface area contributed by atoms with Crippen molar-refractivity contribution in [2.45, 2.75) is 12.8 Å². The van der Waals surface area contributed by atoms with Crippen LogP contribution in [0, 0.1) is 11.6 Å². The zero-order valence-electron chi connectivity index (χ0n) is 13.3. The molecule has 1 aromatic carbocycles. The van der Waals surface area contributed by atoms with Crippen LogP contribution in [0.2, 0.25) is 0 Å². The molecule has 0 saturated heterocycles. The van der Waals surface area contributed by atoms with Gasteiger partial charge in [0, 0.05) is 31.5 Å². The molecule has 0 fully saturated rings. The Hall–Kier alpha value is -3.16. The number of fused-ring (bicyclic) bond motifs is 2. The van der Waals surface area contributed by atoms with Gasteiger partial charge in [0.2, 0.25) is 0 Å². The fraction of sp³-hybridized carbons (Fsp3) is 0.176. The fourth-order valence-corrected chi connectivity index (χ4v) is 2.88. The van der Waals surface area contributed by atoms with Crippen LogP contribution in [0.15, 0.2) is 30.6 Å². The minimum atomic E-state index is -0.646. The molecule has 0 aliphatic heterocycles. The topological polar surface area (TPSA) is 65.1 Å². The Morgan fingerprint density at radius 1 is 1.24 bits per heavy atom. The molecular weight excluding hydrogens is 328 g/mol. The largest absolute Gasteiger partial charge is 0.303 e. The number of hydrogen-bond acceptors (Lipinski definition) is 4. The summed E-state index contributed by atoms with van der Waals surface area (Å²) in [5.41, 5.74) is 1.97. The van der Waals surface area contributed by atoms with E-state index in [1.807, 2.05) is 0 Å². The Kier molecular flexibility index (Phi) is 3.52. The number of benzene rings is 1. The van der Waals surface area contributed by atoms with Gasteiger partial charge in [-0.25, -0.2) is 18.3 Å². The zero-order valence-corrected chi connectivity index (χ0v) is 13.3. The van der Waals surface area contributed by atoms with Gasteiger partial charge in [-0.05, 0) is 12.1 Å². The van der Waals surface area contributed by atoms with E-state index in [1.165, 1.54) is 27.7 Å². The Morgan fingerprint density at radius 3 is 2.88 bits per heavy atom. The maximum absolute atomic E-state index is 14.7. The highest BCUT2D eigenvalue weighted by Crippen LogP contribution is 2.25.